The van der Waals surface area contributed by atoms with Crippen LogP contribution in [0.2, 0.25) is 0 Å². The van der Waals surface area contributed by atoms with Crippen molar-refractivity contribution < 1.29 is 73.8 Å². The first-order valence-corrected chi connectivity index (χ1v) is 23.1. The molecule has 0 radical (unpaired) electrons. The minimum Gasteiger partial charge on any atom is -0.462 e. The average molecular weight is 851 g/mol. The van der Waals surface area contributed by atoms with Gasteiger partial charge in [-0.15, -0.1) is 0 Å². The summed E-state index contributed by atoms with van der Waals surface area (Å²) in [6.45, 7) is 2.52. The van der Waals surface area contributed by atoms with Gasteiger partial charge in [-0.3, -0.25) is 9.59 Å². The van der Waals surface area contributed by atoms with Crippen LogP contribution in [0.5, 0.6) is 0 Å². The zero-order valence-electron chi connectivity index (χ0n) is 36.3. The highest BCUT2D eigenvalue weighted by molar-refractivity contribution is 5.70. The van der Waals surface area contributed by atoms with Crippen molar-refractivity contribution in [2.75, 3.05) is 26.4 Å². The summed E-state index contributed by atoms with van der Waals surface area (Å²) in [5.41, 5.74) is 0. The number of aliphatic hydroxyl groups excluding tert-OH is 7. The van der Waals surface area contributed by atoms with Crippen LogP contribution in [0.3, 0.4) is 0 Å². The second kappa shape index (κ2) is 33.1. The van der Waals surface area contributed by atoms with Crippen LogP contribution < -0.4 is 0 Å². The van der Waals surface area contributed by atoms with Crippen LogP contribution in [0.25, 0.3) is 0 Å². The quantitative estimate of drug-likeness (QED) is 0.0333. The molecule has 0 saturated carbocycles. The Morgan fingerprint density at radius 2 is 0.864 bits per heavy atom. The van der Waals surface area contributed by atoms with Gasteiger partial charge in [-0.25, -0.2) is 0 Å². The van der Waals surface area contributed by atoms with Crippen LogP contribution >= 0.6 is 0 Å². The van der Waals surface area contributed by atoms with Crippen molar-refractivity contribution in [3.05, 3.63) is 0 Å². The van der Waals surface area contributed by atoms with Gasteiger partial charge in [0.05, 0.1) is 19.8 Å². The third-order valence-electron chi connectivity index (χ3n) is 11.3. The van der Waals surface area contributed by atoms with E-state index in [1.807, 2.05) is 0 Å². The molecule has 2 aliphatic rings. The van der Waals surface area contributed by atoms with Crippen molar-refractivity contribution in [3.8, 4) is 0 Å². The van der Waals surface area contributed by atoms with Crippen LogP contribution in [0.4, 0.5) is 0 Å². The zero-order chi connectivity index (χ0) is 43.3. The van der Waals surface area contributed by atoms with E-state index < -0.39 is 92.7 Å². The maximum Gasteiger partial charge on any atom is 0.306 e. The Morgan fingerprint density at radius 3 is 1.32 bits per heavy atom. The Morgan fingerprint density at radius 1 is 0.475 bits per heavy atom. The Kier molecular flexibility index (Phi) is 30.1. The molecule has 0 aromatic rings. The van der Waals surface area contributed by atoms with Crippen LogP contribution in [-0.4, -0.2) is 142 Å². The number of rotatable bonds is 35. The molecular weight excluding hydrogens is 768 g/mol. The lowest BCUT2D eigenvalue weighted by Crippen LogP contribution is -2.61. The molecule has 15 nitrogen and oxygen atoms in total. The van der Waals surface area contributed by atoms with Crippen molar-refractivity contribution in [1.29, 1.82) is 0 Å². The number of carbonyl (C=O) groups is 2. The topological polar surface area (TPSA) is 231 Å². The fourth-order valence-corrected chi connectivity index (χ4v) is 7.45. The Hall–Kier alpha value is -1.50. The molecule has 0 spiro atoms. The molecule has 0 aromatic carbocycles. The summed E-state index contributed by atoms with van der Waals surface area (Å²) in [4.78, 5) is 25.4. The molecule has 2 saturated heterocycles. The van der Waals surface area contributed by atoms with Crippen molar-refractivity contribution in [2.45, 2.75) is 242 Å². The molecule has 2 rings (SSSR count). The lowest BCUT2D eigenvalue weighted by molar-refractivity contribution is -0.332. The highest BCUT2D eigenvalue weighted by Crippen LogP contribution is 2.26. The Balaban J connectivity index is 1.79. The van der Waals surface area contributed by atoms with E-state index in [0.717, 1.165) is 51.4 Å². The number of esters is 2. The van der Waals surface area contributed by atoms with E-state index in [0.29, 0.717) is 12.8 Å². The third kappa shape index (κ3) is 22.4. The number of unbranched alkanes of at least 4 members (excludes halogenated alkanes) is 21. The fraction of sp³-hybridized carbons (Fsp3) is 0.955. The second-order valence-electron chi connectivity index (χ2n) is 16.6. The monoisotopic (exact) mass is 851 g/mol. The lowest BCUT2D eigenvalue weighted by Gasteiger charge is -2.42. The Labute approximate surface area is 353 Å². The molecule has 0 amide bonds. The summed E-state index contributed by atoms with van der Waals surface area (Å²) in [6.07, 6.45) is 10.4. The molecule has 7 N–H and O–H groups in total. The van der Waals surface area contributed by atoms with Crippen LogP contribution in [0, 0.1) is 0 Å². The van der Waals surface area contributed by atoms with E-state index in [9.17, 15) is 45.3 Å². The smallest absolute Gasteiger partial charge is 0.306 e. The minimum absolute atomic E-state index is 0.172. The molecule has 11 atom stereocenters. The molecule has 2 aliphatic heterocycles. The summed E-state index contributed by atoms with van der Waals surface area (Å²) < 4.78 is 33.3. The summed E-state index contributed by atoms with van der Waals surface area (Å²) in [6, 6.07) is 0. The largest absolute Gasteiger partial charge is 0.462 e. The summed E-state index contributed by atoms with van der Waals surface area (Å²) in [7, 11) is 0. The molecule has 59 heavy (non-hydrogen) atoms. The van der Waals surface area contributed by atoms with Gasteiger partial charge in [-0.1, -0.05) is 149 Å². The number of hydrogen-bond acceptors (Lipinski definition) is 15. The van der Waals surface area contributed by atoms with Crippen molar-refractivity contribution in [3.63, 3.8) is 0 Å². The van der Waals surface area contributed by atoms with Gasteiger partial charge in [0.2, 0.25) is 0 Å². The number of ether oxygens (including phenoxy) is 6. The van der Waals surface area contributed by atoms with Crippen LogP contribution in [0.1, 0.15) is 174 Å². The maximum atomic E-state index is 12.9. The van der Waals surface area contributed by atoms with Gasteiger partial charge in [0, 0.05) is 12.8 Å². The molecule has 11 unspecified atom stereocenters. The van der Waals surface area contributed by atoms with Crippen molar-refractivity contribution in [2.24, 2.45) is 0 Å². The van der Waals surface area contributed by atoms with E-state index in [2.05, 4.69) is 13.8 Å². The first-order valence-electron chi connectivity index (χ1n) is 23.1. The number of carbonyl (C=O) groups excluding carboxylic acids is 2. The van der Waals surface area contributed by atoms with Gasteiger partial charge < -0.3 is 64.2 Å². The number of hydrogen-bond donors (Lipinski definition) is 7. The molecule has 348 valence electrons. The summed E-state index contributed by atoms with van der Waals surface area (Å²) in [5, 5.41) is 71.7. The summed E-state index contributed by atoms with van der Waals surface area (Å²) in [5.74, 6) is -0.925. The van der Waals surface area contributed by atoms with E-state index in [-0.39, 0.29) is 26.1 Å². The molecule has 0 aromatic heterocycles. The van der Waals surface area contributed by atoms with Gasteiger partial charge >= 0.3 is 11.9 Å². The van der Waals surface area contributed by atoms with Gasteiger partial charge in [-0.2, -0.15) is 0 Å². The SMILES string of the molecule is CCCCCCCCCCCCCCCCCCCC(=O)OC(COC(=O)CCCCCCCC)COC1OC(COC2OC(CO)C(O)C(O)C2O)C(O)C(O)C1O. The molecule has 0 bridgehead atoms. The van der Waals surface area contributed by atoms with E-state index >= 15 is 0 Å². The molecule has 2 fully saturated rings. The predicted molar refractivity (Wildman–Crippen MR) is 220 cm³/mol. The standard InChI is InChI=1S/C44H82O15/c1-3-5-7-9-11-12-13-14-15-16-17-18-19-20-21-23-25-27-36(47)57-32(29-54-35(46)26-24-22-10-8-6-4-2)30-55-43-42(53)40(51)38(49)34(59-43)31-56-44-41(52)39(50)37(48)33(28-45)58-44/h32-34,37-45,48-53H,3-31H2,1-2H3. The van der Waals surface area contributed by atoms with Crippen molar-refractivity contribution in [1.82, 2.24) is 0 Å². The van der Waals surface area contributed by atoms with Crippen LogP contribution in [0.15, 0.2) is 0 Å². The highest BCUT2D eigenvalue weighted by Gasteiger charge is 2.47. The predicted octanol–water partition coefficient (Wildman–Crippen LogP) is 4.87. The van der Waals surface area contributed by atoms with Gasteiger partial charge in [0.1, 0.15) is 55.4 Å². The van der Waals surface area contributed by atoms with Gasteiger partial charge in [0.25, 0.3) is 0 Å². The van der Waals surface area contributed by atoms with E-state index in [1.165, 1.54) is 83.5 Å². The Bertz CT molecular complexity index is 1050. The van der Waals surface area contributed by atoms with Crippen LogP contribution in [-0.2, 0) is 38.0 Å². The lowest BCUT2D eigenvalue weighted by atomic mass is 9.98. The summed E-state index contributed by atoms with van der Waals surface area (Å²) >= 11 is 0. The van der Waals surface area contributed by atoms with E-state index in [4.69, 9.17) is 28.4 Å². The minimum atomic E-state index is -1.76. The second-order valence-corrected chi connectivity index (χ2v) is 16.6. The fourth-order valence-electron chi connectivity index (χ4n) is 7.45. The highest BCUT2D eigenvalue weighted by atomic mass is 16.7. The van der Waals surface area contributed by atoms with E-state index in [1.54, 1.807) is 0 Å². The van der Waals surface area contributed by atoms with Crippen molar-refractivity contribution >= 4 is 11.9 Å². The first kappa shape index (κ1) is 53.6. The number of aliphatic hydroxyl groups is 7. The average Bonchev–Trinajstić information content (AvgIpc) is 3.23. The first-order chi connectivity index (χ1) is 28.5. The third-order valence-corrected chi connectivity index (χ3v) is 11.3. The molecule has 15 heteroatoms. The van der Waals surface area contributed by atoms with Gasteiger partial charge in [-0.05, 0) is 12.8 Å². The van der Waals surface area contributed by atoms with Gasteiger partial charge in [0.15, 0.2) is 18.7 Å². The maximum absolute atomic E-state index is 12.9. The normalized spacial score (nSPS) is 27.7. The molecule has 2 heterocycles. The zero-order valence-corrected chi connectivity index (χ0v) is 36.3. The molecule has 0 aliphatic carbocycles. The molecular formula is C44H82O15.